The lowest BCUT2D eigenvalue weighted by Crippen LogP contribution is -2.30. The molecule has 0 spiro atoms. The molecule has 0 fully saturated rings. The number of nitrogens with zero attached hydrogens (tertiary/aromatic N) is 1. The maximum atomic E-state index is 5.74. The molecule has 0 radical (unpaired) electrons. The largest absolute Gasteiger partial charge is 0.326 e. The Morgan fingerprint density at radius 3 is 2.50 bits per heavy atom. The summed E-state index contributed by atoms with van der Waals surface area (Å²) in [6.07, 6.45) is 2.15. The minimum atomic E-state index is 0.598. The molecule has 0 heterocycles. The summed E-state index contributed by atoms with van der Waals surface area (Å²) in [6, 6.07) is 9.02. The van der Waals surface area contributed by atoms with E-state index in [1.807, 2.05) is 11.8 Å². The predicted octanol–water partition coefficient (Wildman–Crippen LogP) is 2.33. The number of hydrogen-bond donors (Lipinski definition) is 1. The van der Waals surface area contributed by atoms with Crippen LogP contribution in [0.3, 0.4) is 0 Å². The fraction of sp³-hybridized carbons (Fsp3) is 0.538. The summed E-state index contributed by atoms with van der Waals surface area (Å²) in [7, 11) is 2.17. The van der Waals surface area contributed by atoms with Crippen LogP contribution in [0.15, 0.2) is 24.3 Å². The Bertz CT molecular complexity index is 315. The zero-order chi connectivity index (χ0) is 12.0. The van der Waals surface area contributed by atoms with Crippen LogP contribution in [0, 0.1) is 0 Å². The molecule has 0 saturated heterocycles. The summed E-state index contributed by atoms with van der Waals surface area (Å²) in [4.78, 5) is 2.38. The fourth-order valence-corrected chi connectivity index (χ4v) is 2.44. The smallest absolute Gasteiger partial charge is 0.0237 e. The average molecular weight is 238 g/mol. The first-order valence-corrected chi connectivity index (χ1v) is 7.04. The maximum Gasteiger partial charge on any atom is 0.0237 e. The topological polar surface area (TPSA) is 29.3 Å². The molecular weight excluding hydrogens is 216 g/mol. The van der Waals surface area contributed by atoms with Crippen LogP contribution in [0.4, 0.5) is 0 Å². The van der Waals surface area contributed by atoms with Gasteiger partial charge in [-0.25, -0.2) is 0 Å². The van der Waals surface area contributed by atoms with Crippen LogP contribution in [-0.2, 0) is 13.1 Å². The molecule has 16 heavy (non-hydrogen) atoms. The lowest BCUT2D eigenvalue weighted by Gasteiger charge is -2.25. The van der Waals surface area contributed by atoms with Crippen LogP contribution in [-0.4, -0.2) is 30.0 Å². The minimum Gasteiger partial charge on any atom is -0.326 e. The molecule has 0 amide bonds. The van der Waals surface area contributed by atoms with Crippen LogP contribution in [0.2, 0.25) is 0 Å². The number of thioether (sulfide) groups is 1. The molecular formula is C13H22N2S. The van der Waals surface area contributed by atoms with E-state index in [0.29, 0.717) is 12.6 Å². The van der Waals surface area contributed by atoms with Gasteiger partial charge < -0.3 is 5.73 Å². The van der Waals surface area contributed by atoms with E-state index in [1.165, 1.54) is 16.9 Å². The van der Waals surface area contributed by atoms with Gasteiger partial charge in [0.05, 0.1) is 0 Å². The van der Waals surface area contributed by atoms with E-state index in [-0.39, 0.29) is 0 Å². The molecule has 2 N–H and O–H groups in total. The summed E-state index contributed by atoms with van der Waals surface area (Å²) < 4.78 is 0. The van der Waals surface area contributed by atoms with Gasteiger partial charge in [-0.3, -0.25) is 4.90 Å². The third-order valence-electron chi connectivity index (χ3n) is 2.92. The Labute approximate surface area is 103 Å². The number of nitrogens with two attached hydrogens (primary N) is 1. The van der Waals surface area contributed by atoms with E-state index < -0.39 is 0 Å². The minimum absolute atomic E-state index is 0.598. The lowest BCUT2D eigenvalue weighted by molar-refractivity contribution is 0.269. The molecule has 1 aromatic carbocycles. The highest BCUT2D eigenvalue weighted by Crippen LogP contribution is 2.13. The molecule has 0 saturated carbocycles. The van der Waals surface area contributed by atoms with E-state index >= 15 is 0 Å². The Morgan fingerprint density at radius 1 is 1.31 bits per heavy atom. The molecule has 2 nitrogen and oxygen atoms in total. The Hall–Kier alpha value is -0.510. The Kier molecular flexibility index (Phi) is 5.88. The van der Waals surface area contributed by atoms with Crippen molar-refractivity contribution in [3.63, 3.8) is 0 Å². The number of hydrogen-bond acceptors (Lipinski definition) is 3. The molecule has 1 atom stereocenters. The molecule has 0 aliphatic carbocycles. The summed E-state index contributed by atoms with van der Waals surface area (Å²) >= 11 is 1.89. The van der Waals surface area contributed by atoms with Gasteiger partial charge in [-0.05, 0) is 31.4 Å². The van der Waals surface area contributed by atoms with Gasteiger partial charge in [-0.15, -0.1) is 0 Å². The van der Waals surface area contributed by atoms with Crippen molar-refractivity contribution >= 4 is 11.8 Å². The van der Waals surface area contributed by atoms with E-state index in [1.54, 1.807) is 0 Å². The zero-order valence-electron chi connectivity index (χ0n) is 10.4. The highest BCUT2D eigenvalue weighted by molar-refractivity contribution is 7.98. The van der Waals surface area contributed by atoms with Crippen molar-refractivity contribution < 1.29 is 0 Å². The zero-order valence-corrected chi connectivity index (χ0v) is 11.3. The molecule has 0 aromatic heterocycles. The average Bonchev–Trinajstić information content (AvgIpc) is 2.30. The van der Waals surface area contributed by atoms with E-state index in [0.717, 1.165) is 6.54 Å². The standard InChI is InChI=1S/C13H22N2S/c1-11(10-16-3)15(2)9-13-7-5-4-6-12(13)8-14/h4-7,11H,8-10,14H2,1-3H3. The van der Waals surface area contributed by atoms with Gasteiger partial charge in [-0.2, -0.15) is 11.8 Å². The van der Waals surface area contributed by atoms with E-state index in [2.05, 4.69) is 49.4 Å². The second kappa shape index (κ2) is 6.94. The molecule has 0 aliphatic heterocycles. The van der Waals surface area contributed by atoms with Crippen molar-refractivity contribution in [2.45, 2.75) is 26.1 Å². The second-order valence-electron chi connectivity index (χ2n) is 4.19. The molecule has 3 heteroatoms. The van der Waals surface area contributed by atoms with Crippen LogP contribution >= 0.6 is 11.8 Å². The van der Waals surface area contributed by atoms with Gasteiger partial charge in [0.1, 0.15) is 0 Å². The fourth-order valence-electron chi connectivity index (χ4n) is 1.70. The molecule has 0 aliphatic rings. The van der Waals surface area contributed by atoms with Gasteiger partial charge in [-0.1, -0.05) is 24.3 Å². The maximum absolute atomic E-state index is 5.74. The van der Waals surface area contributed by atoms with Crippen molar-refractivity contribution in [1.82, 2.24) is 4.90 Å². The Morgan fingerprint density at radius 2 is 1.94 bits per heavy atom. The highest BCUT2D eigenvalue weighted by atomic mass is 32.2. The van der Waals surface area contributed by atoms with E-state index in [9.17, 15) is 0 Å². The monoisotopic (exact) mass is 238 g/mol. The van der Waals surface area contributed by atoms with Gasteiger partial charge >= 0.3 is 0 Å². The summed E-state index contributed by atoms with van der Waals surface area (Å²) in [6.45, 7) is 3.87. The van der Waals surface area contributed by atoms with Crippen LogP contribution in [0.1, 0.15) is 18.1 Å². The van der Waals surface area contributed by atoms with Crippen LogP contribution in [0.5, 0.6) is 0 Å². The van der Waals surface area contributed by atoms with Crippen molar-refractivity contribution in [1.29, 1.82) is 0 Å². The van der Waals surface area contributed by atoms with Gasteiger partial charge in [0.15, 0.2) is 0 Å². The molecule has 1 unspecified atom stereocenters. The van der Waals surface area contributed by atoms with Crippen molar-refractivity contribution in [2.75, 3.05) is 19.1 Å². The quantitative estimate of drug-likeness (QED) is 0.825. The van der Waals surface area contributed by atoms with Crippen LogP contribution in [0.25, 0.3) is 0 Å². The molecule has 1 rings (SSSR count). The Balaban J connectivity index is 2.64. The predicted molar refractivity (Wildman–Crippen MR) is 73.6 cm³/mol. The van der Waals surface area contributed by atoms with Crippen molar-refractivity contribution in [3.8, 4) is 0 Å². The SMILES string of the molecule is CSCC(C)N(C)Cc1ccccc1CN. The lowest BCUT2D eigenvalue weighted by atomic mass is 10.1. The summed E-state index contributed by atoms with van der Waals surface area (Å²) in [5, 5.41) is 0. The van der Waals surface area contributed by atoms with Gasteiger partial charge in [0.25, 0.3) is 0 Å². The van der Waals surface area contributed by atoms with Crippen molar-refractivity contribution in [2.24, 2.45) is 5.73 Å². The number of rotatable bonds is 6. The molecule has 90 valence electrons. The van der Waals surface area contributed by atoms with Crippen molar-refractivity contribution in [3.05, 3.63) is 35.4 Å². The molecule has 1 aromatic rings. The summed E-state index contributed by atoms with van der Waals surface area (Å²) in [5.41, 5.74) is 8.34. The van der Waals surface area contributed by atoms with Crippen LogP contribution < -0.4 is 5.73 Å². The second-order valence-corrected chi connectivity index (χ2v) is 5.10. The van der Waals surface area contributed by atoms with Gasteiger partial charge in [0.2, 0.25) is 0 Å². The molecule has 0 bridgehead atoms. The first-order chi connectivity index (χ1) is 7.69. The van der Waals surface area contributed by atoms with Gasteiger partial charge in [0, 0.05) is 24.9 Å². The van der Waals surface area contributed by atoms with E-state index in [4.69, 9.17) is 5.73 Å². The number of benzene rings is 1. The normalized spacial score (nSPS) is 13.1. The highest BCUT2D eigenvalue weighted by Gasteiger charge is 2.10. The summed E-state index contributed by atoms with van der Waals surface area (Å²) in [5.74, 6) is 1.17. The third kappa shape index (κ3) is 3.81. The first kappa shape index (κ1) is 13.6. The first-order valence-electron chi connectivity index (χ1n) is 5.65. The third-order valence-corrected chi connectivity index (χ3v) is 3.73.